The third-order valence-electron chi connectivity index (χ3n) is 1.76. The molecule has 0 aliphatic carbocycles. The fourth-order valence-corrected chi connectivity index (χ4v) is 1.43. The van der Waals surface area contributed by atoms with E-state index in [1.165, 1.54) is 19.3 Å². The van der Waals surface area contributed by atoms with Crippen LogP contribution >= 0.6 is 7.82 Å². The average Bonchev–Trinajstić information content (AvgIpc) is 2.01. The molecule has 0 rings (SSSR count). The average molecular weight is 344 g/mol. The van der Waals surface area contributed by atoms with Gasteiger partial charge < -0.3 is 9.79 Å². The van der Waals surface area contributed by atoms with Crippen LogP contribution in [0, 0.1) is 0 Å². The van der Waals surface area contributed by atoms with Gasteiger partial charge in [0.2, 0.25) is 0 Å². The van der Waals surface area contributed by atoms with E-state index in [0.29, 0.717) is 0 Å². The zero-order chi connectivity index (χ0) is 10.2. The Morgan fingerprint density at radius 3 is 2.07 bits per heavy atom. The second kappa shape index (κ2) is 11.6. The van der Waals surface area contributed by atoms with Crippen LogP contribution in [0.5, 0.6) is 0 Å². The molecule has 0 aromatic rings. The van der Waals surface area contributed by atoms with E-state index in [1.807, 2.05) is 0 Å². The molecule has 0 aliphatic heterocycles. The van der Waals surface area contributed by atoms with Gasteiger partial charge in [-0.05, 0) is 6.42 Å². The van der Waals surface area contributed by atoms with Gasteiger partial charge in [0.25, 0.3) is 0 Å². The van der Waals surface area contributed by atoms with E-state index in [0.717, 1.165) is 19.3 Å². The summed E-state index contributed by atoms with van der Waals surface area (Å²) < 4.78 is 14.5. The van der Waals surface area contributed by atoms with Crippen molar-refractivity contribution in [3.05, 3.63) is 0 Å². The summed E-state index contributed by atoms with van der Waals surface area (Å²) in [6.45, 7) is 2.31. The van der Waals surface area contributed by atoms with Crippen LogP contribution in [-0.4, -0.2) is 85.3 Å². The standard InChI is InChI=1S/C8H19O4P.Cs.H/c1-2-3-4-5-6-7-8-12-13(9,10)11;;/h2-8H2,1H3,(H2,9,10,11);;. The first-order valence-corrected chi connectivity index (χ1v) is 6.29. The quantitative estimate of drug-likeness (QED) is 0.521. The van der Waals surface area contributed by atoms with E-state index in [2.05, 4.69) is 11.4 Å². The van der Waals surface area contributed by atoms with E-state index in [9.17, 15) is 4.57 Å². The number of hydrogen-bond donors (Lipinski definition) is 2. The van der Waals surface area contributed by atoms with Gasteiger partial charge in [0.15, 0.2) is 0 Å². The van der Waals surface area contributed by atoms with Crippen LogP contribution in [0.1, 0.15) is 45.4 Å². The first-order chi connectivity index (χ1) is 6.06. The van der Waals surface area contributed by atoms with E-state index in [-0.39, 0.29) is 75.5 Å². The van der Waals surface area contributed by atoms with E-state index in [4.69, 9.17) is 9.79 Å². The van der Waals surface area contributed by atoms with Gasteiger partial charge in [-0.2, -0.15) is 0 Å². The van der Waals surface area contributed by atoms with Crippen molar-refractivity contribution in [1.29, 1.82) is 0 Å². The topological polar surface area (TPSA) is 66.8 Å². The molecule has 14 heavy (non-hydrogen) atoms. The summed E-state index contributed by atoms with van der Waals surface area (Å²) in [5.74, 6) is 0. The van der Waals surface area contributed by atoms with Crippen molar-refractivity contribution < 1.29 is 18.9 Å². The summed E-state index contributed by atoms with van der Waals surface area (Å²) in [4.78, 5) is 16.7. The molecule has 82 valence electrons. The van der Waals surface area contributed by atoms with Crippen LogP contribution in [0.25, 0.3) is 0 Å². The number of hydrogen-bond acceptors (Lipinski definition) is 2. The van der Waals surface area contributed by atoms with Gasteiger partial charge >= 0.3 is 76.7 Å². The van der Waals surface area contributed by atoms with E-state index >= 15 is 0 Å². The maximum absolute atomic E-state index is 10.2. The Labute approximate surface area is 145 Å². The van der Waals surface area contributed by atoms with Crippen LogP contribution in [-0.2, 0) is 9.09 Å². The molecule has 0 unspecified atom stereocenters. The van der Waals surface area contributed by atoms with Crippen molar-refractivity contribution in [1.82, 2.24) is 0 Å². The molecule has 0 radical (unpaired) electrons. The van der Waals surface area contributed by atoms with Crippen molar-refractivity contribution in [2.24, 2.45) is 0 Å². The molecule has 2 N–H and O–H groups in total. The summed E-state index contributed by atoms with van der Waals surface area (Å²) in [6.07, 6.45) is 6.48. The Hall–Kier alpha value is 2.16. The molecule has 6 heteroatoms. The Balaban J connectivity index is 0. The first kappa shape index (κ1) is 18.5. The molecule has 0 spiro atoms. The monoisotopic (exact) mass is 344 g/mol. The zero-order valence-corrected chi connectivity index (χ0v) is 9.00. The van der Waals surface area contributed by atoms with Crippen molar-refractivity contribution >= 4 is 76.7 Å². The third-order valence-corrected chi connectivity index (χ3v) is 2.28. The van der Waals surface area contributed by atoms with E-state index < -0.39 is 7.82 Å². The fraction of sp³-hybridized carbons (Fsp3) is 1.00. The van der Waals surface area contributed by atoms with Crippen LogP contribution in [0.2, 0.25) is 0 Å². The first-order valence-electron chi connectivity index (χ1n) is 4.76. The summed E-state index contributed by atoms with van der Waals surface area (Å²) in [5, 5.41) is 0. The summed E-state index contributed by atoms with van der Waals surface area (Å²) in [7, 11) is -4.23. The van der Waals surface area contributed by atoms with Crippen LogP contribution in [0.3, 0.4) is 0 Å². The van der Waals surface area contributed by atoms with Gasteiger partial charge in [-0.25, -0.2) is 4.57 Å². The SMILES string of the molecule is CCCCCCCCOP(=O)(O)O.[CsH]. The molecule has 0 saturated heterocycles. The van der Waals surface area contributed by atoms with E-state index in [1.54, 1.807) is 0 Å². The van der Waals surface area contributed by atoms with Crippen molar-refractivity contribution in [3.8, 4) is 0 Å². The Bertz CT molecular complexity index is 159. The summed E-state index contributed by atoms with van der Waals surface area (Å²) in [5.41, 5.74) is 0. The predicted molar refractivity (Wildman–Crippen MR) is 58.5 cm³/mol. The van der Waals surface area contributed by atoms with Gasteiger partial charge in [0.1, 0.15) is 0 Å². The molecule has 0 amide bonds. The number of phosphoric acid groups is 1. The van der Waals surface area contributed by atoms with Gasteiger partial charge in [-0.3, -0.25) is 4.52 Å². The predicted octanol–water partition coefficient (Wildman–Crippen LogP) is 1.81. The van der Waals surface area contributed by atoms with Gasteiger partial charge in [-0.15, -0.1) is 0 Å². The number of unbranched alkanes of at least 4 members (excludes halogenated alkanes) is 5. The Morgan fingerprint density at radius 1 is 1.07 bits per heavy atom. The number of rotatable bonds is 8. The van der Waals surface area contributed by atoms with Crippen molar-refractivity contribution in [2.45, 2.75) is 45.4 Å². The van der Waals surface area contributed by atoms with Crippen LogP contribution < -0.4 is 0 Å². The molecule has 4 nitrogen and oxygen atoms in total. The molecular formula is C8H20CsO4P. The molecule has 0 aliphatic rings. The minimum absolute atomic E-state index is 0. The minimum atomic E-state index is -4.23. The van der Waals surface area contributed by atoms with Crippen molar-refractivity contribution in [2.75, 3.05) is 6.61 Å². The summed E-state index contributed by atoms with van der Waals surface area (Å²) in [6, 6.07) is 0. The maximum atomic E-state index is 10.2. The molecule has 0 fully saturated rings. The summed E-state index contributed by atoms with van der Waals surface area (Å²) >= 11 is 0. The molecular weight excluding hydrogens is 324 g/mol. The second-order valence-electron chi connectivity index (χ2n) is 3.09. The van der Waals surface area contributed by atoms with Gasteiger partial charge in [0.05, 0.1) is 6.61 Å². The van der Waals surface area contributed by atoms with Crippen molar-refractivity contribution in [3.63, 3.8) is 0 Å². The molecule has 0 saturated carbocycles. The zero-order valence-electron chi connectivity index (χ0n) is 8.11. The number of phosphoric ester groups is 1. The Morgan fingerprint density at radius 2 is 1.57 bits per heavy atom. The van der Waals surface area contributed by atoms with Gasteiger partial charge in [-0.1, -0.05) is 39.0 Å². The molecule has 0 aromatic heterocycles. The normalized spacial score (nSPS) is 11.1. The van der Waals surface area contributed by atoms with Crippen LogP contribution in [0.4, 0.5) is 0 Å². The second-order valence-corrected chi connectivity index (χ2v) is 4.33. The molecule has 0 aromatic carbocycles. The molecule has 0 atom stereocenters. The molecule has 0 heterocycles. The Kier molecular flexibility index (Phi) is 15.4. The van der Waals surface area contributed by atoms with Crippen LogP contribution in [0.15, 0.2) is 0 Å². The third kappa shape index (κ3) is 16.6. The molecule has 0 bridgehead atoms. The van der Waals surface area contributed by atoms with Gasteiger partial charge in [0, 0.05) is 0 Å². The fourth-order valence-electron chi connectivity index (χ4n) is 1.07.